The number of H-pyrrole nitrogens is 1. The summed E-state index contributed by atoms with van der Waals surface area (Å²) in [5, 5.41) is 12.4. The molecule has 1 saturated carbocycles. The Morgan fingerprint density at radius 2 is 1.87 bits per heavy atom. The van der Waals surface area contributed by atoms with Crippen LogP contribution in [0.2, 0.25) is 0 Å². The van der Waals surface area contributed by atoms with Crippen molar-refractivity contribution in [3.05, 3.63) is 77.0 Å². The van der Waals surface area contributed by atoms with Crippen LogP contribution in [0.5, 0.6) is 0 Å². The van der Waals surface area contributed by atoms with Gasteiger partial charge in [0.25, 0.3) is 0 Å². The van der Waals surface area contributed by atoms with E-state index in [1.165, 1.54) is 33.3 Å². The summed E-state index contributed by atoms with van der Waals surface area (Å²) in [6, 6.07) is 19.2. The second kappa shape index (κ2) is 6.83. The first-order valence-electron chi connectivity index (χ1n) is 11.4. The highest BCUT2D eigenvalue weighted by molar-refractivity contribution is 5.85. The number of aliphatic hydroxyl groups is 1. The van der Waals surface area contributed by atoms with Crippen molar-refractivity contribution < 1.29 is 5.11 Å². The first kappa shape index (κ1) is 18.4. The molecule has 0 unspecified atom stereocenters. The van der Waals surface area contributed by atoms with Crippen molar-refractivity contribution >= 4 is 17.0 Å². The predicted octanol–water partition coefficient (Wildman–Crippen LogP) is 5.12. The van der Waals surface area contributed by atoms with Gasteiger partial charge in [-0.05, 0) is 67.2 Å². The van der Waals surface area contributed by atoms with Crippen LogP contribution in [0.4, 0.5) is 0 Å². The lowest BCUT2D eigenvalue weighted by Crippen LogP contribution is -2.57. The molecule has 1 saturated heterocycles. The number of aromatic nitrogens is 1. The second-order valence-corrected chi connectivity index (χ2v) is 9.80. The van der Waals surface area contributed by atoms with E-state index in [0.29, 0.717) is 11.8 Å². The van der Waals surface area contributed by atoms with Gasteiger partial charge in [-0.25, -0.2) is 0 Å². The maximum absolute atomic E-state index is 11.0. The van der Waals surface area contributed by atoms with Crippen molar-refractivity contribution in [2.75, 3.05) is 13.1 Å². The molecular weight excluding hydrogens is 368 g/mol. The summed E-state index contributed by atoms with van der Waals surface area (Å²) >= 11 is 0. The Morgan fingerprint density at radius 1 is 1.07 bits per heavy atom. The van der Waals surface area contributed by atoms with Crippen molar-refractivity contribution in [3.63, 3.8) is 0 Å². The van der Waals surface area contributed by atoms with Crippen molar-refractivity contribution in [1.82, 2.24) is 9.88 Å². The molecule has 154 valence electrons. The fraction of sp³-hybridized carbons (Fsp3) is 0.407. The zero-order chi connectivity index (χ0) is 20.3. The van der Waals surface area contributed by atoms with E-state index in [1.807, 2.05) is 6.07 Å². The molecule has 2 N–H and O–H groups in total. The quantitative estimate of drug-likeness (QED) is 0.597. The maximum atomic E-state index is 11.0. The molecule has 2 aromatic carbocycles. The monoisotopic (exact) mass is 398 g/mol. The standard InChI is InChI=1S/C27H30N2O/c1-27-16-20-15-25(30)19(13-18-7-3-2-4-8-18)14-21(20)17-29(27)12-11-23-22-9-5-6-10-24(22)28-26(23)27/h2-10,13,20-21,25,28,30H,11-12,14-17H2,1H3/b19-13-/t20-,21-,25-,27-/m0/s1. The van der Waals surface area contributed by atoms with Crippen LogP contribution in [0.1, 0.15) is 43.0 Å². The highest BCUT2D eigenvalue weighted by atomic mass is 16.3. The van der Waals surface area contributed by atoms with E-state index in [2.05, 4.69) is 71.4 Å². The van der Waals surface area contributed by atoms with Gasteiger partial charge in [0.15, 0.2) is 0 Å². The topological polar surface area (TPSA) is 39.3 Å². The average molecular weight is 399 g/mol. The Kier molecular flexibility index (Phi) is 4.19. The maximum Gasteiger partial charge on any atom is 0.0756 e. The lowest BCUT2D eigenvalue weighted by atomic mass is 9.64. The van der Waals surface area contributed by atoms with Crippen molar-refractivity contribution in [2.45, 2.75) is 44.2 Å². The van der Waals surface area contributed by atoms with Crippen LogP contribution in [0, 0.1) is 11.8 Å². The zero-order valence-electron chi connectivity index (χ0n) is 17.6. The minimum atomic E-state index is -0.313. The van der Waals surface area contributed by atoms with Crippen LogP contribution in [0.25, 0.3) is 17.0 Å². The van der Waals surface area contributed by atoms with Crippen LogP contribution in [0.15, 0.2) is 60.2 Å². The van der Waals surface area contributed by atoms with E-state index in [-0.39, 0.29) is 11.6 Å². The Morgan fingerprint density at radius 3 is 2.73 bits per heavy atom. The van der Waals surface area contributed by atoms with Crippen molar-refractivity contribution in [2.24, 2.45) is 11.8 Å². The summed E-state index contributed by atoms with van der Waals surface area (Å²) in [4.78, 5) is 6.51. The Bertz CT molecular complexity index is 1110. The lowest BCUT2D eigenvalue weighted by molar-refractivity contribution is -0.0402. The van der Waals surface area contributed by atoms with E-state index in [0.717, 1.165) is 38.8 Å². The number of benzene rings is 2. The molecule has 2 aliphatic heterocycles. The zero-order valence-corrected chi connectivity index (χ0v) is 17.6. The molecule has 3 aliphatic rings. The van der Waals surface area contributed by atoms with E-state index in [9.17, 15) is 5.11 Å². The van der Waals surface area contributed by atoms with E-state index in [1.54, 1.807) is 0 Å². The molecule has 3 aromatic rings. The van der Waals surface area contributed by atoms with Gasteiger partial charge < -0.3 is 10.1 Å². The molecule has 0 amide bonds. The minimum absolute atomic E-state index is 0.0497. The number of nitrogens with zero attached hydrogens (tertiary/aromatic N) is 1. The van der Waals surface area contributed by atoms with Crippen LogP contribution < -0.4 is 0 Å². The average Bonchev–Trinajstić information content (AvgIpc) is 3.14. The predicted molar refractivity (Wildman–Crippen MR) is 122 cm³/mol. The fourth-order valence-electron chi connectivity index (χ4n) is 6.51. The number of aliphatic hydroxyl groups excluding tert-OH is 1. The SMILES string of the molecule is C[C@@]12C[C@@H]3C[C@H](O)/C(=C\c4ccccc4)C[C@H]3CN1CCc1c2[nH]c2ccccc12. The highest BCUT2D eigenvalue weighted by Gasteiger charge is 2.49. The third-order valence-electron chi connectivity index (χ3n) is 8.07. The van der Waals surface area contributed by atoms with Gasteiger partial charge in [0.1, 0.15) is 0 Å². The van der Waals surface area contributed by atoms with Gasteiger partial charge in [0.2, 0.25) is 0 Å². The normalized spacial score (nSPS) is 32.6. The Labute approximate surface area is 178 Å². The van der Waals surface area contributed by atoms with E-state index in [4.69, 9.17) is 0 Å². The van der Waals surface area contributed by atoms with Crippen LogP contribution >= 0.6 is 0 Å². The van der Waals surface area contributed by atoms with Gasteiger partial charge in [-0.1, -0.05) is 54.6 Å². The molecule has 0 radical (unpaired) electrons. The van der Waals surface area contributed by atoms with Crippen molar-refractivity contribution in [3.8, 4) is 0 Å². The summed E-state index contributed by atoms with van der Waals surface area (Å²) in [6.07, 6.45) is 6.08. The van der Waals surface area contributed by atoms with E-state index < -0.39 is 0 Å². The van der Waals surface area contributed by atoms with Gasteiger partial charge in [-0.3, -0.25) is 4.90 Å². The largest absolute Gasteiger partial charge is 0.389 e. The number of aromatic amines is 1. The molecule has 1 aromatic heterocycles. The van der Waals surface area contributed by atoms with Crippen molar-refractivity contribution in [1.29, 1.82) is 0 Å². The van der Waals surface area contributed by atoms with Crippen LogP contribution in [0.3, 0.4) is 0 Å². The summed E-state index contributed by atoms with van der Waals surface area (Å²) in [7, 11) is 0. The Hall–Kier alpha value is -2.36. The lowest BCUT2D eigenvalue weighted by Gasteiger charge is -2.55. The fourth-order valence-corrected chi connectivity index (χ4v) is 6.51. The molecule has 4 atom stereocenters. The molecule has 30 heavy (non-hydrogen) atoms. The number of hydrogen-bond donors (Lipinski definition) is 2. The van der Waals surface area contributed by atoms with Gasteiger partial charge >= 0.3 is 0 Å². The Balaban J connectivity index is 1.32. The van der Waals surface area contributed by atoms with Crippen LogP contribution in [-0.4, -0.2) is 34.2 Å². The first-order chi connectivity index (χ1) is 14.6. The summed E-state index contributed by atoms with van der Waals surface area (Å²) in [5.74, 6) is 1.22. The van der Waals surface area contributed by atoms with Gasteiger partial charge in [0, 0.05) is 29.7 Å². The molecule has 3 heteroatoms. The second-order valence-electron chi connectivity index (χ2n) is 9.80. The smallest absolute Gasteiger partial charge is 0.0756 e. The molecule has 3 heterocycles. The number of hydrogen-bond acceptors (Lipinski definition) is 2. The number of rotatable bonds is 1. The highest BCUT2D eigenvalue weighted by Crippen LogP contribution is 2.51. The van der Waals surface area contributed by atoms with E-state index >= 15 is 0 Å². The molecule has 0 spiro atoms. The molecule has 3 nitrogen and oxygen atoms in total. The number of nitrogens with one attached hydrogen (secondary N) is 1. The molecule has 0 bridgehead atoms. The summed E-state index contributed by atoms with van der Waals surface area (Å²) in [6.45, 7) is 4.70. The minimum Gasteiger partial charge on any atom is -0.389 e. The number of para-hydroxylation sites is 1. The molecule has 1 aliphatic carbocycles. The number of fused-ring (bicyclic) bond motifs is 6. The van der Waals surface area contributed by atoms with Gasteiger partial charge in [-0.2, -0.15) is 0 Å². The summed E-state index contributed by atoms with van der Waals surface area (Å²) < 4.78 is 0. The first-order valence-corrected chi connectivity index (χ1v) is 11.4. The third-order valence-corrected chi connectivity index (χ3v) is 8.07. The molecule has 2 fully saturated rings. The molecular formula is C27H30N2O. The molecule has 6 rings (SSSR count). The number of piperidine rings is 1. The van der Waals surface area contributed by atoms with Gasteiger partial charge in [0.05, 0.1) is 11.6 Å². The van der Waals surface area contributed by atoms with Gasteiger partial charge in [-0.15, -0.1) is 0 Å². The third kappa shape index (κ3) is 2.79. The van der Waals surface area contributed by atoms with Crippen LogP contribution in [-0.2, 0) is 12.0 Å². The summed E-state index contributed by atoms with van der Waals surface area (Å²) in [5.41, 5.74) is 6.68.